The summed E-state index contributed by atoms with van der Waals surface area (Å²) < 4.78 is 42.8. The number of hydrogen-bond donors (Lipinski definition) is 0. The van der Waals surface area contributed by atoms with Crippen molar-refractivity contribution in [2.45, 2.75) is 6.18 Å². The molecule has 0 N–H and O–H groups in total. The van der Waals surface area contributed by atoms with E-state index in [1.54, 1.807) is 12.1 Å². The van der Waals surface area contributed by atoms with E-state index < -0.39 is 11.7 Å². The molecule has 0 aliphatic carbocycles. The van der Waals surface area contributed by atoms with Gasteiger partial charge in [0.1, 0.15) is 5.75 Å². The highest BCUT2D eigenvalue weighted by molar-refractivity contribution is 7.17. The third-order valence-corrected chi connectivity index (χ3v) is 3.58. The molecular weight excluding hydrogens is 277 g/mol. The minimum atomic E-state index is -4.41. The Morgan fingerprint density at radius 1 is 1.21 bits per heavy atom. The minimum Gasteiger partial charge on any atom is -0.496 e. The largest absolute Gasteiger partial charge is 0.496 e. The van der Waals surface area contributed by atoms with E-state index in [0.29, 0.717) is 21.6 Å². The Morgan fingerprint density at radius 2 is 1.95 bits per heavy atom. The smallest absolute Gasteiger partial charge is 0.416 e. The summed E-state index contributed by atoms with van der Waals surface area (Å²) in [5.41, 5.74) is -0.228. The highest BCUT2D eigenvalue weighted by Crippen LogP contribution is 2.39. The summed E-state index contributed by atoms with van der Waals surface area (Å²) in [6.45, 7) is 0. The summed E-state index contributed by atoms with van der Waals surface area (Å²) in [7, 11) is 1.31. The van der Waals surface area contributed by atoms with Crippen molar-refractivity contribution < 1.29 is 22.7 Å². The maximum absolute atomic E-state index is 12.6. The maximum atomic E-state index is 12.6. The number of hydrogen-bond acceptors (Lipinski definition) is 3. The van der Waals surface area contributed by atoms with Crippen LogP contribution in [0.3, 0.4) is 0 Å². The molecular formula is C13H9F3O2S. The number of rotatable bonds is 3. The number of halogens is 3. The third-order valence-electron chi connectivity index (χ3n) is 2.54. The Morgan fingerprint density at radius 3 is 2.47 bits per heavy atom. The molecule has 1 aromatic carbocycles. The van der Waals surface area contributed by atoms with Crippen LogP contribution in [0.1, 0.15) is 15.2 Å². The lowest BCUT2D eigenvalue weighted by molar-refractivity contribution is -0.137. The van der Waals surface area contributed by atoms with Gasteiger partial charge in [0.2, 0.25) is 0 Å². The molecule has 1 heterocycles. The van der Waals surface area contributed by atoms with Gasteiger partial charge in [-0.3, -0.25) is 4.79 Å². The molecule has 0 atom stereocenters. The predicted molar refractivity (Wildman–Crippen MR) is 66.7 cm³/mol. The quantitative estimate of drug-likeness (QED) is 0.788. The van der Waals surface area contributed by atoms with Gasteiger partial charge in [-0.15, -0.1) is 11.3 Å². The fourth-order valence-corrected chi connectivity index (χ4v) is 2.48. The van der Waals surface area contributed by atoms with E-state index in [0.717, 1.165) is 12.1 Å². The summed E-state index contributed by atoms with van der Waals surface area (Å²) in [5, 5.41) is 0. The van der Waals surface area contributed by atoms with Crippen LogP contribution in [0.2, 0.25) is 0 Å². The van der Waals surface area contributed by atoms with E-state index in [4.69, 9.17) is 4.74 Å². The van der Waals surface area contributed by atoms with Gasteiger partial charge in [-0.05, 0) is 30.3 Å². The molecule has 0 amide bonds. The fraction of sp³-hybridized carbons (Fsp3) is 0.154. The maximum Gasteiger partial charge on any atom is 0.416 e. The molecule has 0 fully saturated rings. The Hall–Kier alpha value is -1.82. The third kappa shape index (κ3) is 2.78. The van der Waals surface area contributed by atoms with Crippen molar-refractivity contribution in [3.8, 4) is 16.2 Å². The van der Waals surface area contributed by atoms with Crippen molar-refractivity contribution in [1.82, 2.24) is 0 Å². The molecule has 1 aromatic heterocycles. The molecule has 0 aliphatic heterocycles. The second-order valence-electron chi connectivity index (χ2n) is 3.73. The monoisotopic (exact) mass is 286 g/mol. The number of carbonyl (C=O) groups is 1. The lowest BCUT2D eigenvalue weighted by Crippen LogP contribution is -2.05. The van der Waals surface area contributed by atoms with E-state index in [2.05, 4.69) is 0 Å². The van der Waals surface area contributed by atoms with Crippen LogP contribution >= 0.6 is 11.3 Å². The van der Waals surface area contributed by atoms with Gasteiger partial charge in [0.25, 0.3) is 0 Å². The Bertz CT molecular complexity index is 602. The van der Waals surface area contributed by atoms with Crippen molar-refractivity contribution in [3.05, 3.63) is 40.8 Å². The molecule has 0 spiro atoms. The molecule has 0 saturated carbocycles. The van der Waals surface area contributed by atoms with Crippen LogP contribution in [0.4, 0.5) is 13.2 Å². The number of aldehydes is 1. The highest BCUT2D eigenvalue weighted by Gasteiger charge is 2.31. The minimum absolute atomic E-state index is 0.133. The zero-order valence-corrected chi connectivity index (χ0v) is 10.6. The summed E-state index contributed by atoms with van der Waals surface area (Å²) in [4.78, 5) is 11.8. The van der Waals surface area contributed by atoms with Gasteiger partial charge in [0, 0.05) is 10.4 Å². The van der Waals surface area contributed by atoms with Crippen molar-refractivity contribution in [3.63, 3.8) is 0 Å². The molecule has 100 valence electrons. The average molecular weight is 286 g/mol. The van der Waals surface area contributed by atoms with Crippen molar-refractivity contribution in [2.75, 3.05) is 7.11 Å². The van der Waals surface area contributed by atoms with Gasteiger partial charge in [0.05, 0.1) is 17.6 Å². The SMILES string of the molecule is COc1cc(C(F)(F)F)ccc1-c1ccc(C=O)s1. The topological polar surface area (TPSA) is 26.3 Å². The van der Waals surface area contributed by atoms with Crippen LogP contribution in [-0.4, -0.2) is 13.4 Å². The van der Waals surface area contributed by atoms with Gasteiger partial charge < -0.3 is 4.74 Å². The second-order valence-corrected chi connectivity index (χ2v) is 4.85. The number of alkyl halides is 3. The molecule has 6 heteroatoms. The Balaban J connectivity index is 2.49. The highest BCUT2D eigenvalue weighted by atomic mass is 32.1. The first-order chi connectivity index (χ1) is 8.95. The van der Waals surface area contributed by atoms with Crippen LogP contribution in [0.15, 0.2) is 30.3 Å². The summed E-state index contributed by atoms with van der Waals surface area (Å²) in [6.07, 6.45) is -3.71. The van der Waals surface area contributed by atoms with Crippen LogP contribution in [-0.2, 0) is 6.18 Å². The zero-order chi connectivity index (χ0) is 14.0. The summed E-state index contributed by atoms with van der Waals surface area (Å²) in [6, 6.07) is 6.60. The first kappa shape index (κ1) is 13.6. The van der Waals surface area contributed by atoms with Gasteiger partial charge in [-0.25, -0.2) is 0 Å². The number of thiophene rings is 1. The van der Waals surface area contributed by atoms with Crippen LogP contribution in [0.5, 0.6) is 5.75 Å². The van der Waals surface area contributed by atoms with Gasteiger partial charge in [-0.1, -0.05) is 0 Å². The number of benzene rings is 1. The molecule has 0 unspecified atom stereocenters. The number of methoxy groups -OCH3 is 1. The number of carbonyl (C=O) groups excluding carboxylic acids is 1. The Kier molecular flexibility index (Phi) is 3.61. The summed E-state index contributed by atoms with van der Waals surface area (Å²) in [5.74, 6) is 0.133. The molecule has 2 nitrogen and oxygen atoms in total. The van der Waals surface area contributed by atoms with Gasteiger partial charge in [0.15, 0.2) is 6.29 Å². The zero-order valence-electron chi connectivity index (χ0n) is 9.82. The van der Waals surface area contributed by atoms with E-state index in [1.807, 2.05) is 0 Å². The van der Waals surface area contributed by atoms with Crippen LogP contribution < -0.4 is 4.74 Å². The fourth-order valence-electron chi connectivity index (χ4n) is 1.63. The molecule has 0 saturated heterocycles. The van der Waals surface area contributed by atoms with E-state index in [9.17, 15) is 18.0 Å². The number of ether oxygens (including phenoxy) is 1. The standard InChI is InChI=1S/C13H9F3O2S/c1-18-11-6-8(13(14,15)16)2-4-10(11)12-5-3-9(7-17)19-12/h2-7H,1H3. The first-order valence-corrected chi connectivity index (χ1v) is 6.08. The lowest BCUT2D eigenvalue weighted by atomic mass is 10.1. The van der Waals surface area contributed by atoms with Crippen LogP contribution in [0.25, 0.3) is 10.4 Å². The molecule has 0 bridgehead atoms. The lowest BCUT2D eigenvalue weighted by Gasteiger charge is -2.11. The van der Waals surface area contributed by atoms with Crippen molar-refractivity contribution in [1.29, 1.82) is 0 Å². The predicted octanol–water partition coefficient (Wildman–Crippen LogP) is 4.26. The van der Waals surface area contributed by atoms with E-state index in [1.165, 1.54) is 24.5 Å². The molecule has 2 rings (SSSR count). The molecule has 2 aromatic rings. The second kappa shape index (κ2) is 5.05. The first-order valence-electron chi connectivity index (χ1n) is 5.26. The van der Waals surface area contributed by atoms with Gasteiger partial charge in [-0.2, -0.15) is 13.2 Å². The van der Waals surface area contributed by atoms with Gasteiger partial charge >= 0.3 is 6.18 Å². The average Bonchev–Trinajstić information content (AvgIpc) is 2.85. The van der Waals surface area contributed by atoms with Crippen molar-refractivity contribution >= 4 is 17.6 Å². The molecule has 0 radical (unpaired) electrons. The van der Waals surface area contributed by atoms with Crippen LogP contribution in [0, 0.1) is 0 Å². The van der Waals surface area contributed by atoms with E-state index in [-0.39, 0.29) is 5.75 Å². The normalized spacial score (nSPS) is 11.4. The summed E-state index contributed by atoms with van der Waals surface area (Å²) >= 11 is 1.20. The van der Waals surface area contributed by atoms with E-state index >= 15 is 0 Å². The Labute approximate surface area is 111 Å². The molecule has 19 heavy (non-hydrogen) atoms. The molecule has 0 aliphatic rings. The van der Waals surface area contributed by atoms with Crippen molar-refractivity contribution in [2.24, 2.45) is 0 Å².